The van der Waals surface area contributed by atoms with Crippen LogP contribution in [0, 0.1) is 5.92 Å². The molecule has 0 radical (unpaired) electrons. The number of ether oxygens (including phenoxy) is 1. The van der Waals surface area contributed by atoms with Crippen molar-refractivity contribution in [1.29, 1.82) is 0 Å². The Hall–Kier alpha value is -1.03. The van der Waals surface area contributed by atoms with Gasteiger partial charge in [-0.15, -0.1) is 11.6 Å². The molecule has 1 heterocycles. The Labute approximate surface area is 126 Å². The monoisotopic (exact) mass is 297 g/mol. The summed E-state index contributed by atoms with van der Waals surface area (Å²) in [5, 5.41) is 3.45. The lowest BCUT2D eigenvalue weighted by Gasteiger charge is -2.38. The number of rotatable bonds is 6. The lowest BCUT2D eigenvalue weighted by atomic mass is 9.78. The molecule has 0 saturated heterocycles. The van der Waals surface area contributed by atoms with Crippen molar-refractivity contribution in [3.63, 3.8) is 0 Å². The predicted molar refractivity (Wildman–Crippen MR) is 82.5 cm³/mol. The van der Waals surface area contributed by atoms with Crippen molar-refractivity contribution >= 4 is 17.5 Å². The first-order chi connectivity index (χ1) is 9.67. The summed E-state index contributed by atoms with van der Waals surface area (Å²) in [4.78, 5) is 8.71. The van der Waals surface area contributed by atoms with Gasteiger partial charge in [0, 0.05) is 18.1 Å². The van der Waals surface area contributed by atoms with Gasteiger partial charge in [-0.25, -0.2) is 4.98 Å². The normalized spacial score (nSPS) is 26.2. The average Bonchev–Trinajstić information content (AvgIpc) is 2.48. The molecule has 112 valence electrons. The maximum Gasteiger partial charge on any atom is 0.226 e. The SMILES string of the molecule is CCCOc1ccnc(NC2(CCl)CCC(C)CC2)n1. The van der Waals surface area contributed by atoms with Crippen molar-refractivity contribution in [3.05, 3.63) is 12.3 Å². The van der Waals surface area contributed by atoms with E-state index < -0.39 is 0 Å². The van der Waals surface area contributed by atoms with Gasteiger partial charge >= 0.3 is 0 Å². The number of hydrogen-bond donors (Lipinski definition) is 1. The molecule has 20 heavy (non-hydrogen) atoms. The lowest BCUT2D eigenvalue weighted by molar-refractivity contribution is 0.284. The molecule has 1 saturated carbocycles. The van der Waals surface area contributed by atoms with E-state index in [1.807, 2.05) is 0 Å². The highest BCUT2D eigenvalue weighted by molar-refractivity contribution is 6.18. The Balaban J connectivity index is 2.03. The molecular formula is C15H24ClN3O. The van der Waals surface area contributed by atoms with Crippen LogP contribution >= 0.6 is 11.6 Å². The van der Waals surface area contributed by atoms with Crippen LogP contribution in [0.4, 0.5) is 5.95 Å². The third kappa shape index (κ3) is 3.98. The van der Waals surface area contributed by atoms with E-state index >= 15 is 0 Å². The Morgan fingerprint density at radius 1 is 1.45 bits per heavy atom. The van der Waals surface area contributed by atoms with E-state index in [-0.39, 0.29) is 5.54 Å². The first-order valence-corrected chi connectivity index (χ1v) is 8.01. The third-order valence-electron chi connectivity index (χ3n) is 3.95. The molecule has 4 nitrogen and oxygen atoms in total. The summed E-state index contributed by atoms with van der Waals surface area (Å²) in [6, 6.07) is 1.79. The smallest absolute Gasteiger partial charge is 0.226 e. The van der Waals surface area contributed by atoms with Crippen LogP contribution in [0.1, 0.15) is 46.0 Å². The maximum atomic E-state index is 6.21. The number of aromatic nitrogens is 2. The molecule has 5 heteroatoms. The number of nitrogens with zero attached hydrogens (tertiary/aromatic N) is 2. The van der Waals surface area contributed by atoms with E-state index in [1.54, 1.807) is 12.3 Å². The van der Waals surface area contributed by atoms with E-state index in [1.165, 1.54) is 12.8 Å². The van der Waals surface area contributed by atoms with Crippen LogP contribution in [0.3, 0.4) is 0 Å². The van der Waals surface area contributed by atoms with Gasteiger partial charge in [0.05, 0.1) is 12.1 Å². The van der Waals surface area contributed by atoms with Crippen molar-refractivity contribution in [3.8, 4) is 5.88 Å². The molecule has 2 rings (SSSR count). The topological polar surface area (TPSA) is 47.0 Å². The fourth-order valence-corrected chi connectivity index (χ4v) is 2.87. The number of hydrogen-bond acceptors (Lipinski definition) is 4. The zero-order chi connectivity index (χ0) is 14.4. The quantitative estimate of drug-likeness (QED) is 0.810. The van der Waals surface area contributed by atoms with E-state index in [9.17, 15) is 0 Å². The number of alkyl halides is 1. The molecule has 1 fully saturated rings. The Morgan fingerprint density at radius 3 is 2.85 bits per heavy atom. The molecule has 1 aromatic heterocycles. The molecule has 0 spiro atoms. The van der Waals surface area contributed by atoms with Gasteiger partial charge in [0.15, 0.2) is 0 Å². The van der Waals surface area contributed by atoms with E-state index in [2.05, 4.69) is 29.1 Å². The average molecular weight is 298 g/mol. The molecule has 0 amide bonds. The molecule has 0 atom stereocenters. The van der Waals surface area contributed by atoms with Crippen LogP contribution < -0.4 is 10.1 Å². The van der Waals surface area contributed by atoms with Crippen LogP contribution in [-0.4, -0.2) is 28.0 Å². The second-order valence-electron chi connectivity index (χ2n) is 5.79. The standard InChI is InChI=1S/C15H24ClN3O/c1-3-10-20-13-6-9-17-14(18-13)19-15(11-16)7-4-12(2)5-8-15/h6,9,12H,3-5,7-8,10-11H2,1-2H3,(H,17,18,19). The molecule has 0 aromatic carbocycles. The van der Waals surface area contributed by atoms with Crippen LogP contribution in [-0.2, 0) is 0 Å². The second-order valence-corrected chi connectivity index (χ2v) is 6.06. The molecule has 1 aliphatic rings. The van der Waals surface area contributed by atoms with Crippen LogP contribution in [0.5, 0.6) is 5.88 Å². The molecule has 0 bridgehead atoms. The Bertz CT molecular complexity index is 419. The molecular weight excluding hydrogens is 274 g/mol. The summed E-state index contributed by atoms with van der Waals surface area (Å²) in [6.45, 7) is 5.05. The molecule has 1 N–H and O–H groups in total. The first-order valence-electron chi connectivity index (χ1n) is 7.47. The van der Waals surface area contributed by atoms with Crippen molar-refractivity contribution < 1.29 is 4.74 Å². The van der Waals surface area contributed by atoms with Gasteiger partial charge in [0.25, 0.3) is 0 Å². The molecule has 1 aromatic rings. The van der Waals surface area contributed by atoms with Crippen molar-refractivity contribution in [2.45, 2.75) is 51.5 Å². The zero-order valence-corrected chi connectivity index (χ0v) is 13.1. The predicted octanol–water partition coefficient (Wildman–Crippen LogP) is 3.87. The molecule has 0 unspecified atom stereocenters. The molecule has 0 aliphatic heterocycles. The van der Waals surface area contributed by atoms with Crippen molar-refractivity contribution in [2.75, 3.05) is 17.8 Å². The van der Waals surface area contributed by atoms with E-state index in [0.717, 1.165) is 25.2 Å². The highest BCUT2D eigenvalue weighted by Gasteiger charge is 2.34. The van der Waals surface area contributed by atoms with Crippen LogP contribution in [0.2, 0.25) is 0 Å². The summed E-state index contributed by atoms with van der Waals surface area (Å²) in [7, 11) is 0. The number of anilines is 1. The number of nitrogens with one attached hydrogen (secondary N) is 1. The fraction of sp³-hybridized carbons (Fsp3) is 0.733. The first kappa shape index (κ1) is 15.4. The number of halogens is 1. The van der Waals surface area contributed by atoms with Gasteiger partial charge in [0.2, 0.25) is 11.8 Å². The van der Waals surface area contributed by atoms with Crippen LogP contribution in [0.15, 0.2) is 12.3 Å². The second kappa shape index (κ2) is 7.11. The summed E-state index contributed by atoms with van der Waals surface area (Å²) < 4.78 is 5.54. The van der Waals surface area contributed by atoms with Gasteiger partial charge < -0.3 is 10.1 Å². The third-order valence-corrected chi connectivity index (χ3v) is 4.46. The summed E-state index contributed by atoms with van der Waals surface area (Å²) in [5.41, 5.74) is -0.0720. The van der Waals surface area contributed by atoms with Gasteiger partial charge in [-0.3, -0.25) is 0 Å². The van der Waals surface area contributed by atoms with Crippen molar-refractivity contribution in [1.82, 2.24) is 9.97 Å². The van der Waals surface area contributed by atoms with E-state index in [0.29, 0.717) is 24.3 Å². The lowest BCUT2D eigenvalue weighted by Crippen LogP contribution is -2.44. The highest BCUT2D eigenvalue weighted by Crippen LogP contribution is 2.35. The van der Waals surface area contributed by atoms with E-state index in [4.69, 9.17) is 16.3 Å². The Kier molecular flexibility index (Phi) is 5.46. The minimum Gasteiger partial charge on any atom is -0.478 e. The minimum absolute atomic E-state index is 0.0720. The minimum atomic E-state index is -0.0720. The van der Waals surface area contributed by atoms with Gasteiger partial charge in [0.1, 0.15) is 0 Å². The summed E-state index contributed by atoms with van der Waals surface area (Å²) in [6.07, 6.45) is 7.24. The zero-order valence-electron chi connectivity index (χ0n) is 12.4. The van der Waals surface area contributed by atoms with Crippen LogP contribution in [0.25, 0.3) is 0 Å². The van der Waals surface area contributed by atoms with Gasteiger partial charge in [-0.1, -0.05) is 13.8 Å². The highest BCUT2D eigenvalue weighted by atomic mass is 35.5. The Morgan fingerprint density at radius 2 is 2.20 bits per heavy atom. The fourth-order valence-electron chi connectivity index (χ4n) is 2.53. The summed E-state index contributed by atoms with van der Waals surface area (Å²) in [5.74, 6) is 2.61. The largest absolute Gasteiger partial charge is 0.478 e. The summed E-state index contributed by atoms with van der Waals surface area (Å²) >= 11 is 6.21. The van der Waals surface area contributed by atoms with Gasteiger partial charge in [-0.05, 0) is 38.0 Å². The van der Waals surface area contributed by atoms with Gasteiger partial charge in [-0.2, -0.15) is 4.98 Å². The van der Waals surface area contributed by atoms with Crippen molar-refractivity contribution in [2.24, 2.45) is 5.92 Å². The maximum absolute atomic E-state index is 6.21. The molecule has 1 aliphatic carbocycles.